The Morgan fingerprint density at radius 1 is 0.842 bits per heavy atom. The van der Waals surface area contributed by atoms with Gasteiger partial charge in [0.2, 0.25) is 0 Å². The molecule has 0 heterocycles. The minimum atomic E-state index is 0.244. The highest BCUT2D eigenvalue weighted by Gasteiger charge is 2.10. The predicted molar refractivity (Wildman–Crippen MR) is 88.8 cm³/mol. The summed E-state index contributed by atoms with van der Waals surface area (Å²) in [5, 5.41) is 0.387. The van der Waals surface area contributed by atoms with Gasteiger partial charge in [-0.1, -0.05) is 90.3 Å². The number of hydrogen-bond acceptors (Lipinski definition) is 2. The number of thioether (sulfide) groups is 1. The summed E-state index contributed by atoms with van der Waals surface area (Å²) in [5.41, 5.74) is 0. The van der Waals surface area contributed by atoms with E-state index in [9.17, 15) is 4.79 Å². The van der Waals surface area contributed by atoms with E-state index in [2.05, 4.69) is 13.8 Å². The Kier molecular flexibility index (Phi) is 14.4. The summed E-state index contributed by atoms with van der Waals surface area (Å²) in [6.45, 7) is 6.39. The summed E-state index contributed by atoms with van der Waals surface area (Å²) in [5.74, 6) is 1.27. The molecule has 0 aromatic heterocycles. The zero-order valence-electron chi connectivity index (χ0n) is 13.4. The van der Waals surface area contributed by atoms with E-state index in [0.717, 1.165) is 12.2 Å². The molecule has 1 nitrogen and oxygen atoms in total. The highest BCUT2D eigenvalue weighted by Crippen LogP contribution is 2.17. The van der Waals surface area contributed by atoms with Crippen LogP contribution in [0.5, 0.6) is 0 Å². The maximum Gasteiger partial charge on any atom is 0.191 e. The first kappa shape index (κ1) is 19.0. The first-order valence-corrected chi connectivity index (χ1v) is 9.37. The first-order chi connectivity index (χ1) is 9.22. The molecule has 0 bridgehead atoms. The van der Waals surface area contributed by atoms with E-state index in [4.69, 9.17) is 0 Å². The predicted octanol–water partition coefficient (Wildman–Crippen LogP) is 6.21. The minimum absolute atomic E-state index is 0.244. The Hall–Kier alpha value is 0.0200. The summed E-state index contributed by atoms with van der Waals surface area (Å²) >= 11 is 1.55. The van der Waals surface area contributed by atoms with Crippen LogP contribution in [-0.4, -0.2) is 10.9 Å². The average molecular weight is 287 g/mol. The number of unbranched alkanes of at least 4 members (excludes halogenated alkanes) is 9. The van der Waals surface area contributed by atoms with Gasteiger partial charge in [-0.15, -0.1) is 0 Å². The van der Waals surface area contributed by atoms with Crippen molar-refractivity contribution in [2.75, 3.05) is 5.75 Å². The second kappa shape index (κ2) is 14.4. The highest BCUT2D eigenvalue weighted by atomic mass is 32.2. The summed E-state index contributed by atoms with van der Waals surface area (Å²) in [4.78, 5) is 11.6. The van der Waals surface area contributed by atoms with Gasteiger partial charge >= 0.3 is 0 Å². The average Bonchev–Trinajstić information content (AvgIpc) is 2.43. The Bertz CT molecular complexity index is 203. The van der Waals surface area contributed by atoms with Crippen LogP contribution in [0.15, 0.2) is 0 Å². The van der Waals surface area contributed by atoms with Crippen molar-refractivity contribution in [2.24, 2.45) is 5.92 Å². The molecule has 0 amide bonds. The van der Waals surface area contributed by atoms with E-state index in [0.29, 0.717) is 5.12 Å². The Morgan fingerprint density at radius 2 is 1.32 bits per heavy atom. The van der Waals surface area contributed by atoms with E-state index < -0.39 is 0 Å². The third-order valence-corrected chi connectivity index (χ3v) is 4.94. The molecule has 0 spiro atoms. The molecule has 0 radical (unpaired) electrons. The van der Waals surface area contributed by atoms with Gasteiger partial charge in [-0.05, 0) is 12.8 Å². The lowest BCUT2D eigenvalue weighted by atomic mass is 10.1. The van der Waals surface area contributed by atoms with Gasteiger partial charge in [0.1, 0.15) is 0 Å². The second-order valence-corrected chi connectivity index (χ2v) is 6.76. The van der Waals surface area contributed by atoms with E-state index in [1.807, 2.05) is 6.92 Å². The standard InChI is InChI=1S/C17H34OS/c1-4-6-7-8-9-10-11-12-13-14-15-19-17(18)16(3)5-2/h16H,4-15H2,1-3H3. The molecule has 0 saturated carbocycles. The summed E-state index contributed by atoms with van der Waals surface area (Å²) < 4.78 is 0. The zero-order valence-corrected chi connectivity index (χ0v) is 14.2. The van der Waals surface area contributed by atoms with E-state index >= 15 is 0 Å². The normalized spacial score (nSPS) is 12.6. The van der Waals surface area contributed by atoms with Gasteiger partial charge in [-0.25, -0.2) is 0 Å². The van der Waals surface area contributed by atoms with Crippen LogP contribution in [0.2, 0.25) is 0 Å². The number of hydrogen-bond donors (Lipinski definition) is 0. The molecule has 1 atom stereocenters. The topological polar surface area (TPSA) is 17.1 Å². The largest absolute Gasteiger partial charge is 0.287 e. The molecular weight excluding hydrogens is 252 g/mol. The Morgan fingerprint density at radius 3 is 1.79 bits per heavy atom. The fourth-order valence-electron chi connectivity index (χ4n) is 2.07. The fraction of sp³-hybridized carbons (Fsp3) is 0.941. The van der Waals surface area contributed by atoms with Crippen molar-refractivity contribution in [3.8, 4) is 0 Å². The van der Waals surface area contributed by atoms with Crippen LogP contribution in [0.25, 0.3) is 0 Å². The van der Waals surface area contributed by atoms with Gasteiger partial charge in [0.25, 0.3) is 0 Å². The highest BCUT2D eigenvalue weighted by molar-refractivity contribution is 8.13. The lowest BCUT2D eigenvalue weighted by Gasteiger charge is -2.06. The van der Waals surface area contributed by atoms with Crippen molar-refractivity contribution in [2.45, 2.75) is 91.4 Å². The van der Waals surface area contributed by atoms with Gasteiger partial charge in [-0.3, -0.25) is 4.79 Å². The summed E-state index contributed by atoms with van der Waals surface area (Å²) in [6.07, 6.45) is 14.6. The molecule has 0 aromatic carbocycles. The van der Waals surface area contributed by atoms with Crippen LogP contribution in [0.3, 0.4) is 0 Å². The number of rotatable bonds is 13. The maximum atomic E-state index is 11.6. The second-order valence-electron chi connectivity index (χ2n) is 5.66. The molecule has 114 valence electrons. The molecule has 0 aliphatic rings. The van der Waals surface area contributed by atoms with Crippen LogP contribution < -0.4 is 0 Å². The lowest BCUT2D eigenvalue weighted by molar-refractivity contribution is -0.113. The third-order valence-electron chi connectivity index (χ3n) is 3.76. The van der Waals surface area contributed by atoms with Crippen molar-refractivity contribution in [3.63, 3.8) is 0 Å². The smallest absolute Gasteiger partial charge is 0.191 e. The molecule has 0 N–H and O–H groups in total. The molecular formula is C17H34OS. The number of carbonyl (C=O) groups excluding carboxylic acids is 1. The monoisotopic (exact) mass is 286 g/mol. The molecule has 0 aliphatic heterocycles. The Balaban J connectivity index is 3.13. The molecule has 0 aromatic rings. The van der Waals surface area contributed by atoms with E-state index in [-0.39, 0.29) is 5.92 Å². The van der Waals surface area contributed by atoms with Crippen molar-refractivity contribution in [1.29, 1.82) is 0 Å². The third kappa shape index (κ3) is 12.8. The van der Waals surface area contributed by atoms with Crippen molar-refractivity contribution >= 4 is 16.9 Å². The lowest BCUT2D eigenvalue weighted by Crippen LogP contribution is -2.05. The van der Waals surface area contributed by atoms with Crippen LogP contribution in [-0.2, 0) is 4.79 Å². The number of carbonyl (C=O) groups is 1. The van der Waals surface area contributed by atoms with Gasteiger partial charge < -0.3 is 0 Å². The summed E-state index contributed by atoms with van der Waals surface area (Å²) in [7, 11) is 0. The van der Waals surface area contributed by atoms with Crippen molar-refractivity contribution in [1.82, 2.24) is 0 Å². The molecule has 0 rings (SSSR count). The van der Waals surface area contributed by atoms with Crippen molar-refractivity contribution < 1.29 is 4.79 Å². The van der Waals surface area contributed by atoms with Crippen LogP contribution in [0.1, 0.15) is 91.4 Å². The molecule has 0 saturated heterocycles. The minimum Gasteiger partial charge on any atom is -0.287 e. The molecule has 0 fully saturated rings. The SMILES string of the molecule is CCCCCCCCCCCCSC(=O)C(C)CC. The van der Waals surface area contributed by atoms with Crippen LogP contribution >= 0.6 is 11.8 Å². The van der Waals surface area contributed by atoms with Crippen molar-refractivity contribution in [3.05, 3.63) is 0 Å². The molecule has 1 unspecified atom stereocenters. The zero-order chi connectivity index (χ0) is 14.3. The van der Waals surface area contributed by atoms with Gasteiger partial charge in [0.15, 0.2) is 5.12 Å². The van der Waals surface area contributed by atoms with Gasteiger partial charge in [0.05, 0.1) is 0 Å². The van der Waals surface area contributed by atoms with E-state index in [1.165, 1.54) is 64.2 Å². The molecule has 0 aliphatic carbocycles. The first-order valence-electron chi connectivity index (χ1n) is 8.39. The Labute approximate surface area is 125 Å². The molecule has 2 heteroatoms. The van der Waals surface area contributed by atoms with Gasteiger partial charge in [0, 0.05) is 11.7 Å². The summed E-state index contributed by atoms with van der Waals surface area (Å²) in [6, 6.07) is 0. The van der Waals surface area contributed by atoms with Gasteiger partial charge in [-0.2, -0.15) is 0 Å². The van der Waals surface area contributed by atoms with Crippen LogP contribution in [0, 0.1) is 5.92 Å². The quantitative estimate of drug-likeness (QED) is 0.374. The fourth-order valence-corrected chi connectivity index (χ4v) is 3.07. The molecule has 19 heavy (non-hydrogen) atoms. The van der Waals surface area contributed by atoms with E-state index in [1.54, 1.807) is 11.8 Å². The van der Waals surface area contributed by atoms with Crippen LogP contribution in [0.4, 0.5) is 0 Å². The maximum absolute atomic E-state index is 11.6.